The molecule has 10 nitrogen and oxygen atoms in total. The first-order valence-corrected chi connectivity index (χ1v) is 7.74. The Morgan fingerprint density at radius 2 is 0.765 bits per heavy atom. The summed E-state index contributed by atoms with van der Waals surface area (Å²) < 4.78 is 28.6. The summed E-state index contributed by atoms with van der Waals surface area (Å²) >= 11 is 0. The van der Waals surface area contributed by atoms with Gasteiger partial charge >= 0.3 is 112 Å². The zero-order chi connectivity index (χ0) is 12.2. The number of hydrogen-bond donors (Lipinski definition) is 7. The van der Waals surface area contributed by atoms with Crippen LogP contribution in [0.5, 0.6) is 0 Å². The number of hydrogen-bond acceptors (Lipinski definition) is 3. The standard InChI is InChI=1S/CH6O6P2.3Na.H3O4P.3H/c2-8(3,4)1-9(5,6)7;;;;1-5(2,3)4;;;/h1H2,(H2,2,3,4)(H2,5,6,7);;;;(H3,1,2,3,4);;;/q;3*+1;;3*-1. The Kier molecular flexibility index (Phi) is 25.0. The summed E-state index contributed by atoms with van der Waals surface area (Å²) in [5.74, 6) is -1.38. The van der Waals surface area contributed by atoms with Crippen LogP contribution in [0.1, 0.15) is 4.28 Å². The molecule has 0 bridgehead atoms. The van der Waals surface area contributed by atoms with Crippen LogP contribution in [-0.2, 0) is 13.7 Å². The van der Waals surface area contributed by atoms with Crippen molar-refractivity contribution in [2.45, 2.75) is 0 Å². The molecule has 0 fully saturated rings. The first-order chi connectivity index (χ1) is 5.71. The van der Waals surface area contributed by atoms with Gasteiger partial charge in [-0.15, -0.1) is 0 Å². The molecule has 0 aromatic rings. The van der Waals surface area contributed by atoms with Gasteiger partial charge < -0.3 is 38.5 Å². The molecule has 0 radical (unpaired) electrons. The second-order valence-electron chi connectivity index (χ2n) is 1.98. The third-order valence-electron chi connectivity index (χ3n) is 0.368. The third-order valence-corrected chi connectivity index (χ3v) is 3.32. The molecule has 7 N–H and O–H groups in total. The maximum Gasteiger partial charge on any atom is 1.00 e. The van der Waals surface area contributed by atoms with Crippen LogP contribution in [0.4, 0.5) is 0 Å². The predicted molar refractivity (Wildman–Crippen MR) is 46.6 cm³/mol. The van der Waals surface area contributed by atoms with Crippen molar-refractivity contribution >= 4 is 23.0 Å². The second-order valence-corrected chi connectivity index (χ2v) is 6.80. The van der Waals surface area contributed by atoms with Gasteiger partial charge in [0.05, 0.1) is 0 Å². The van der Waals surface area contributed by atoms with Crippen LogP contribution in [0.15, 0.2) is 0 Å². The van der Waals surface area contributed by atoms with E-state index in [9.17, 15) is 9.13 Å². The van der Waals surface area contributed by atoms with Gasteiger partial charge in [-0.05, 0) is 0 Å². The van der Waals surface area contributed by atoms with E-state index in [0.29, 0.717) is 0 Å². The van der Waals surface area contributed by atoms with E-state index < -0.39 is 28.9 Å². The topological polar surface area (TPSA) is 193 Å². The zero-order valence-corrected chi connectivity index (χ0v) is 18.1. The van der Waals surface area contributed by atoms with Crippen molar-refractivity contribution in [1.29, 1.82) is 0 Å². The minimum absolute atomic E-state index is 0. The SMILES string of the molecule is O=P(O)(O)CP(=O)(O)O.O=P(O)(O)O.[H-].[H-].[H-].[Na+].[Na+].[Na+]. The molecule has 0 aromatic heterocycles. The van der Waals surface area contributed by atoms with Crippen molar-refractivity contribution in [1.82, 2.24) is 0 Å². The second kappa shape index (κ2) is 13.1. The predicted octanol–water partition coefficient (Wildman–Crippen LogP) is -10.3. The smallest absolute Gasteiger partial charge is 1.00 e. The first kappa shape index (κ1) is 32.4. The van der Waals surface area contributed by atoms with Gasteiger partial charge in [-0.2, -0.15) is 0 Å². The van der Waals surface area contributed by atoms with Crippen LogP contribution in [0.25, 0.3) is 0 Å². The molecule has 0 spiro atoms. The molecule has 0 aliphatic rings. The minimum Gasteiger partial charge on any atom is -1.00 e. The molecule has 0 amide bonds. The summed E-state index contributed by atoms with van der Waals surface area (Å²) in [5.41, 5.74) is 0. The van der Waals surface area contributed by atoms with E-state index in [-0.39, 0.29) is 93.0 Å². The van der Waals surface area contributed by atoms with Crippen LogP contribution in [0.2, 0.25) is 0 Å². The Labute approximate surface area is 167 Å². The van der Waals surface area contributed by atoms with Crippen LogP contribution in [0, 0.1) is 0 Å². The number of rotatable bonds is 2. The summed E-state index contributed by atoms with van der Waals surface area (Å²) in [7, 11) is -13.7. The molecule has 0 heterocycles. The van der Waals surface area contributed by atoms with Crippen molar-refractivity contribution < 1.29 is 141 Å². The van der Waals surface area contributed by atoms with Crippen molar-refractivity contribution in [3.8, 4) is 0 Å². The molecule has 17 heavy (non-hydrogen) atoms. The summed E-state index contributed by atoms with van der Waals surface area (Å²) in [5, 5.41) is 0. The molecular weight excluding hydrogens is 334 g/mol. The Hall–Kier alpha value is 3.41. The quantitative estimate of drug-likeness (QED) is 0.186. The molecule has 0 rings (SSSR count). The van der Waals surface area contributed by atoms with Crippen LogP contribution in [-0.4, -0.2) is 40.2 Å². The maximum atomic E-state index is 9.85. The van der Waals surface area contributed by atoms with Crippen molar-refractivity contribution in [3.05, 3.63) is 0 Å². The fraction of sp³-hybridized carbons (Fsp3) is 1.00. The van der Waals surface area contributed by atoms with Gasteiger partial charge in [0.25, 0.3) is 0 Å². The van der Waals surface area contributed by atoms with E-state index in [2.05, 4.69) is 0 Å². The molecule has 0 aliphatic carbocycles. The van der Waals surface area contributed by atoms with Gasteiger partial charge in [0.1, 0.15) is 0 Å². The van der Waals surface area contributed by atoms with Gasteiger partial charge in [-0.25, -0.2) is 4.57 Å². The van der Waals surface area contributed by atoms with E-state index in [1.54, 1.807) is 0 Å². The molecule has 0 atom stereocenters. The van der Waals surface area contributed by atoms with E-state index in [1.807, 2.05) is 0 Å². The molecule has 0 aromatic carbocycles. The molecule has 0 unspecified atom stereocenters. The van der Waals surface area contributed by atoms with Gasteiger partial charge in [-0.1, -0.05) is 0 Å². The molecule has 94 valence electrons. The van der Waals surface area contributed by atoms with Gasteiger partial charge in [-0.3, -0.25) is 9.13 Å². The van der Waals surface area contributed by atoms with E-state index in [1.165, 1.54) is 0 Å². The zero-order valence-electron chi connectivity index (χ0n) is 12.4. The van der Waals surface area contributed by atoms with Gasteiger partial charge in [0.15, 0.2) is 5.90 Å². The molecular formula is CH12Na3O10P3. The Bertz CT molecular complexity index is 282. The summed E-state index contributed by atoms with van der Waals surface area (Å²) in [4.78, 5) is 53.5. The van der Waals surface area contributed by atoms with Crippen molar-refractivity contribution in [2.24, 2.45) is 0 Å². The Morgan fingerprint density at radius 1 is 0.647 bits per heavy atom. The number of phosphoric acid groups is 1. The van der Waals surface area contributed by atoms with E-state index in [0.717, 1.165) is 0 Å². The van der Waals surface area contributed by atoms with E-state index in [4.69, 9.17) is 38.8 Å². The monoisotopic (exact) mass is 346 g/mol. The molecule has 16 heteroatoms. The van der Waals surface area contributed by atoms with Crippen LogP contribution in [0.3, 0.4) is 0 Å². The minimum atomic E-state index is -4.64. The third kappa shape index (κ3) is 66.4. The summed E-state index contributed by atoms with van der Waals surface area (Å²) in [6.07, 6.45) is 0. The summed E-state index contributed by atoms with van der Waals surface area (Å²) in [6.45, 7) is 0. The Morgan fingerprint density at radius 3 is 0.765 bits per heavy atom. The summed E-state index contributed by atoms with van der Waals surface area (Å²) in [6, 6.07) is 0. The van der Waals surface area contributed by atoms with Gasteiger partial charge in [0, 0.05) is 0 Å². The average Bonchev–Trinajstić information content (AvgIpc) is 1.42. The molecule has 0 saturated carbocycles. The average molecular weight is 346 g/mol. The van der Waals surface area contributed by atoms with Gasteiger partial charge in [0.2, 0.25) is 0 Å². The van der Waals surface area contributed by atoms with E-state index >= 15 is 0 Å². The molecule has 0 aliphatic heterocycles. The first-order valence-electron chi connectivity index (χ1n) is 2.58. The fourth-order valence-electron chi connectivity index (χ4n) is 0.240. The maximum absolute atomic E-state index is 9.85. The van der Waals surface area contributed by atoms with Crippen molar-refractivity contribution in [3.63, 3.8) is 0 Å². The normalized spacial score (nSPS) is 10.8. The fourth-order valence-corrected chi connectivity index (χ4v) is 2.16. The van der Waals surface area contributed by atoms with Crippen molar-refractivity contribution in [2.75, 3.05) is 5.90 Å². The largest absolute Gasteiger partial charge is 1.00 e. The van der Waals surface area contributed by atoms with Crippen LogP contribution < -0.4 is 88.7 Å². The Balaban J connectivity index is -0.0000000199. The molecule has 0 saturated heterocycles. The van der Waals surface area contributed by atoms with Crippen LogP contribution >= 0.6 is 23.0 Å².